The van der Waals surface area contributed by atoms with Gasteiger partial charge in [0.05, 0.1) is 18.4 Å². The zero-order valence-electron chi connectivity index (χ0n) is 19.1. The SMILES string of the molecule is CCCCc1ccc2c(N)c(C(=O)Nc3sc4c(c3C(=O)OC)CCc3ccccc3-4)sc2n1. The van der Waals surface area contributed by atoms with Crippen LogP contribution in [0.4, 0.5) is 10.7 Å². The largest absolute Gasteiger partial charge is 0.465 e. The Labute approximate surface area is 205 Å². The lowest BCUT2D eigenvalue weighted by atomic mass is 9.89. The van der Waals surface area contributed by atoms with E-state index in [1.165, 1.54) is 35.3 Å². The van der Waals surface area contributed by atoms with Gasteiger partial charge in [-0.1, -0.05) is 37.6 Å². The molecule has 1 amide bonds. The number of thiophene rings is 2. The number of anilines is 2. The molecule has 0 saturated heterocycles. The first kappa shape index (κ1) is 22.6. The fourth-order valence-electron chi connectivity index (χ4n) is 4.41. The van der Waals surface area contributed by atoms with E-state index in [9.17, 15) is 9.59 Å². The lowest BCUT2D eigenvalue weighted by Gasteiger charge is -2.16. The zero-order chi connectivity index (χ0) is 23.8. The topological polar surface area (TPSA) is 94.3 Å². The molecule has 0 radical (unpaired) electrons. The number of carbonyl (C=O) groups excluding carboxylic acids is 2. The van der Waals surface area contributed by atoms with Crippen molar-refractivity contribution in [2.45, 2.75) is 39.0 Å². The molecule has 3 heterocycles. The van der Waals surface area contributed by atoms with Gasteiger partial charge in [-0.15, -0.1) is 22.7 Å². The third-order valence-electron chi connectivity index (χ3n) is 6.17. The summed E-state index contributed by atoms with van der Waals surface area (Å²) < 4.78 is 5.08. The van der Waals surface area contributed by atoms with Crippen molar-refractivity contribution in [2.24, 2.45) is 0 Å². The van der Waals surface area contributed by atoms with E-state index in [1.54, 1.807) is 0 Å². The highest BCUT2D eigenvalue weighted by Crippen LogP contribution is 2.46. The van der Waals surface area contributed by atoms with Crippen molar-refractivity contribution in [1.82, 2.24) is 4.98 Å². The molecular formula is C26H25N3O3S2. The second-order valence-electron chi connectivity index (χ2n) is 8.32. The molecule has 0 aliphatic heterocycles. The summed E-state index contributed by atoms with van der Waals surface area (Å²) >= 11 is 2.69. The summed E-state index contributed by atoms with van der Waals surface area (Å²) in [4.78, 5) is 32.9. The number of hydrogen-bond acceptors (Lipinski definition) is 7. The van der Waals surface area contributed by atoms with Gasteiger partial charge in [0.1, 0.15) is 14.7 Å². The van der Waals surface area contributed by atoms with Gasteiger partial charge in [-0.3, -0.25) is 4.79 Å². The van der Waals surface area contributed by atoms with Gasteiger partial charge in [0.15, 0.2) is 0 Å². The van der Waals surface area contributed by atoms with Crippen LogP contribution in [0.3, 0.4) is 0 Å². The molecule has 34 heavy (non-hydrogen) atoms. The summed E-state index contributed by atoms with van der Waals surface area (Å²) in [5.41, 5.74) is 11.5. The molecule has 0 bridgehead atoms. The van der Waals surface area contributed by atoms with Crippen LogP contribution in [0.15, 0.2) is 36.4 Å². The maximum atomic E-state index is 13.3. The van der Waals surface area contributed by atoms with E-state index in [0.29, 0.717) is 21.1 Å². The number of esters is 1. The number of methoxy groups -OCH3 is 1. The summed E-state index contributed by atoms with van der Waals surface area (Å²) in [6.45, 7) is 2.15. The molecule has 0 unspecified atom stereocenters. The number of aryl methyl sites for hydroxylation is 2. The Kier molecular flexibility index (Phi) is 6.10. The van der Waals surface area contributed by atoms with Gasteiger partial charge in [-0.2, -0.15) is 0 Å². The molecule has 6 nitrogen and oxygen atoms in total. The molecule has 5 rings (SSSR count). The fraction of sp³-hybridized carbons (Fsp3) is 0.269. The molecule has 3 aromatic heterocycles. The molecule has 1 aliphatic carbocycles. The number of aromatic nitrogens is 1. The highest BCUT2D eigenvalue weighted by atomic mass is 32.1. The Bertz CT molecular complexity index is 1420. The van der Waals surface area contributed by atoms with Gasteiger partial charge in [0, 0.05) is 16.0 Å². The van der Waals surface area contributed by atoms with Gasteiger partial charge >= 0.3 is 5.97 Å². The number of fused-ring (bicyclic) bond motifs is 4. The minimum atomic E-state index is -0.446. The number of pyridine rings is 1. The Morgan fingerprint density at radius 2 is 1.97 bits per heavy atom. The van der Waals surface area contributed by atoms with E-state index in [-0.39, 0.29) is 5.91 Å². The predicted molar refractivity (Wildman–Crippen MR) is 139 cm³/mol. The number of unbranched alkanes of at least 4 members (excludes halogenated alkanes) is 1. The van der Waals surface area contributed by atoms with Crippen LogP contribution in [0.1, 0.15) is 56.6 Å². The fourth-order valence-corrected chi connectivity index (χ4v) is 6.71. The van der Waals surface area contributed by atoms with Crippen LogP contribution in [0.5, 0.6) is 0 Å². The van der Waals surface area contributed by atoms with E-state index >= 15 is 0 Å². The van der Waals surface area contributed by atoms with Crippen LogP contribution < -0.4 is 11.1 Å². The third-order valence-corrected chi connectivity index (χ3v) is 8.47. The standard InChI is InChI=1S/C26H25N3O3S2/c1-3-4-8-15-11-13-18-20(27)22(34-24(18)28-15)23(30)29-25-19(26(31)32-2)17-12-10-14-7-5-6-9-16(14)21(17)33-25/h5-7,9,11,13H,3-4,8,10,12,27H2,1-2H3,(H,29,30). The van der Waals surface area contributed by atoms with Crippen molar-refractivity contribution in [1.29, 1.82) is 0 Å². The van der Waals surface area contributed by atoms with Crippen molar-refractivity contribution in [3.05, 3.63) is 63.7 Å². The predicted octanol–water partition coefficient (Wildman–Crippen LogP) is 6.09. The summed E-state index contributed by atoms with van der Waals surface area (Å²) in [7, 11) is 1.36. The van der Waals surface area contributed by atoms with Crippen LogP contribution in [0.25, 0.3) is 20.7 Å². The molecule has 4 aromatic rings. The number of nitrogens with two attached hydrogens (primary N) is 1. The molecule has 3 N–H and O–H groups in total. The lowest BCUT2D eigenvalue weighted by molar-refractivity contribution is 0.0601. The molecule has 0 atom stereocenters. The lowest BCUT2D eigenvalue weighted by Crippen LogP contribution is -2.15. The second-order valence-corrected chi connectivity index (χ2v) is 10.3. The molecule has 174 valence electrons. The number of nitrogens with one attached hydrogen (secondary N) is 1. The van der Waals surface area contributed by atoms with E-state index in [2.05, 4.69) is 24.4 Å². The average Bonchev–Trinajstić information content (AvgIpc) is 3.39. The normalized spacial score (nSPS) is 12.3. The monoisotopic (exact) mass is 491 g/mol. The zero-order valence-corrected chi connectivity index (χ0v) is 20.7. The molecule has 0 saturated carbocycles. The molecule has 1 aliphatic rings. The number of benzene rings is 1. The third kappa shape index (κ3) is 3.86. The molecule has 0 spiro atoms. The van der Waals surface area contributed by atoms with Crippen molar-refractivity contribution < 1.29 is 14.3 Å². The number of ether oxygens (including phenoxy) is 1. The minimum Gasteiger partial charge on any atom is -0.465 e. The van der Waals surface area contributed by atoms with Gasteiger partial charge in [-0.05, 0) is 54.5 Å². The van der Waals surface area contributed by atoms with Crippen LogP contribution in [-0.2, 0) is 24.0 Å². The average molecular weight is 492 g/mol. The highest BCUT2D eigenvalue weighted by Gasteiger charge is 2.30. The first-order valence-electron chi connectivity index (χ1n) is 11.3. The number of amides is 1. The number of rotatable bonds is 6. The molecule has 0 fully saturated rings. The van der Waals surface area contributed by atoms with Gasteiger partial charge in [0.25, 0.3) is 5.91 Å². The number of nitrogen functional groups attached to an aromatic ring is 1. The summed E-state index contributed by atoms with van der Waals surface area (Å²) in [5.74, 6) is -0.786. The number of carbonyl (C=O) groups is 2. The van der Waals surface area contributed by atoms with E-state index in [0.717, 1.165) is 64.0 Å². The van der Waals surface area contributed by atoms with Gasteiger partial charge < -0.3 is 15.8 Å². The van der Waals surface area contributed by atoms with Crippen molar-refractivity contribution in [3.63, 3.8) is 0 Å². The van der Waals surface area contributed by atoms with Crippen LogP contribution >= 0.6 is 22.7 Å². The minimum absolute atomic E-state index is 0.340. The van der Waals surface area contributed by atoms with E-state index in [4.69, 9.17) is 15.5 Å². The molecule has 8 heteroatoms. The van der Waals surface area contributed by atoms with Gasteiger partial charge in [-0.25, -0.2) is 9.78 Å². The van der Waals surface area contributed by atoms with Crippen molar-refractivity contribution >= 4 is 55.5 Å². The van der Waals surface area contributed by atoms with Crippen LogP contribution in [0, 0.1) is 0 Å². The Morgan fingerprint density at radius 1 is 1.15 bits per heavy atom. The molecular weight excluding hydrogens is 466 g/mol. The van der Waals surface area contributed by atoms with Crippen LogP contribution in [0.2, 0.25) is 0 Å². The smallest absolute Gasteiger partial charge is 0.341 e. The first-order chi connectivity index (χ1) is 16.5. The second kappa shape index (κ2) is 9.19. The quantitative estimate of drug-likeness (QED) is 0.318. The number of hydrogen-bond donors (Lipinski definition) is 2. The Hall–Kier alpha value is -3.23. The maximum absolute atomic E-state index is 13.3. The highest BCUT2D eigenvalue weighted by molar-refractivity contribution is 7.22. The maximum Gasteiger partial charge on any atom is 0.341 e. The van der Waals surface area contributed by atoms with Crippen molar-refractivity contribution in [2.75, 3.05) is 18.2 Å². The van der Waals surface area contributed by atoms with E-state index < -0.39 is 5.97 Å². The summed E-state index contributed by atoms with van der Waals surface area (Å²) in [6, 6.07) is 12.1. The molecule has 1 aromatic carbocycles. The summed E-state index contributed by atoms with van der Waals surface area (Å²) in [6.07, 6.45) is 4.62. The Morgan fingerprint density at radius 3 is 2.76 bits per heavy atom. The van der Waals surface area contributed by atoms with Crippen molar-refractivity contribution in [3.8, 4) is 10.4 Å². The summed E-state index contributed by atoms with van der Waals surface area (Å²) in [5, 5.41) is 4.24. The van der Waals surface area contributed by atoms with E-state index in [1.807, 2.05) is 24.3 Å². The number of nitrogens with zero attached hydrogens (tertiary/aromatic N) is 1. The Balaban J connectivity index is 1.52. The van der Waals surface area contributed by atoms with Crippen LogP contribution in [-0.4, -0.2) is 24.0 Å². The first-order valence-corrected chi connectivity index (χ1v) is 13.0. The van der Waals surface area contributed by atoms with Gasteiger partial charge in [0.2, 0.25) is 0 Å².